The van der Waals surface area contributed by atoms with Crippen LogP contribution < -0.4 is 0 Å². The van der Waals surface area contributed by atoms with E-state index in [0.717, 1.165) is 84.4 Å². The molecule has 0 aliphatic heterocycles. The molecule has 0 N–H and O–H groups in total. The van der Waals surface area contributed by atoms with Crippen molar-refractivity contribution in [2.45, 2.75) is 40.3 Å². The van der Waals surface area contributed by atoms with Gasteiger partial charge in [0.15, 0.2) is 17.5 Å². The summed E-state index contributed by atoms with van der Waals surface area (Å²) in [5.74, 6) is 2.52. The first-order chi connectivity index (χ1) is 28.6. The van der Waals surface area contributed by atoms with Crippen LogP contribution in [0.4, 0.5) is 0 Å². The van der Waals surface area contributed by atoms with Gasteiger partial charge in [-0.1, -0.05) is 153 Å². The van der Waals surface area contributed by atoms with Gasteiger partial charge >= 0.3 is 0 Å². The summed E-state index contributed by atoms with van der Waals surface area (Å²) in [5, 5.41) is 4.50. The van der Waals surface area contributed by atoms with E-state index in [4.69, 9.17) is 24.9 Å². The van der Waals surface area contributed by atoms with Gasteiger partial charge in [-0.2, -0.15) is 9.97 Å². The van der Waals surface area contributed by atoms with Gasteiger partial charge in [0, 0.05) is 44.0 Å². The summed E-state index contributed by atoms with van der Waals surface area (Å²) < 4.78 is 4.50. The number of hydrogen-bond donors (Lipinski definition) is 0. The zero-order valence-electron chi connectivity index (χ0n) is 32.9. The molecule has 0 fully saturated rings. The Hall–Kier alpha value is -7.25. The average Bonchev–Trinajstić information content (AvgIpc) is 3.59. The molecule has 58 heavy (non-hydrogen) atoms. The number of benzene rings is 5. The first-order valence-electron chi connectivity index (χ1n) is 19.9. The zero-order valence-corrected chi connectivity index (χ0v) is 32.9. The van der Waals surface area contributed by atoms with E-state index in [9.17, 15) is 0 Å². The third-order valence-electron chi connectivity index (χ3n) is 10.6. The number of hydrogen-bond acceptors (Lipinski definition) is 4. The summed E-state index contributed by atoms with van der Waals surface area (Å²) in [7, 11) is 0. The second kappa shape index (κ2) is 16.1. The van der Waals surface area contributed by atoms with E-state index in [1.165, 1.54) is 0 Å². The van der Waals surface area contributed by atoms with Gasteiger partial charge in [0.1, 0.15) is 6.67 Å². The maximum absolute atomic E-state index is 5.25. The summed E-state index contributed by atoms with van der Waals surface area (Å²) in [5.41, 5.74) is 9.12. The van der Waals surface area contributed by atoms with Crippen molar-refractivity contribution in [2.75, 3.05) is 0 Å². The molecule has 282 valence electrons. The topological polar surface area (TPSA) is 73.2 Å². The van der Waals surface area contributed by atoms with E-state index >= 15 is 0 Å². The number of amidine groups is 1. The van der Waals surface area contributed by atoms with E-state index in [1.54, 1.807) is 0 Å². The predicted molar refractivity (Wildman–Crippen MR) is 243 cm³/mol. The van der Waals surface area contributed by atoms with Crippen LogP contribution in [0.5, 0.6) is 0 Å². The first-order valence-corrected chi connectivity index (χ1v) is 19.9. The normalized spacial score (nSPS) is 14.1. The second-order valence-electron chi connectivity index (χ2n) is 14.4. The lowest BCUT2D eigenvalue weighted by molar-refractivity contribution is 0.791. The van der Waals surface area contributed by atoms with Crippen molar-refractivity contribution in [3.8, 4) is 17.3 Å². The van der Waals surface area contributed by atoms with Crippen molar-refractivity contribution in [3.05, 3.63) is 187 Å². The number of para-hydroxylation sites is 2. The lowest BCUT2D eigenvalue weighted by Gasteiger charge is -2.11. The van der Waals surface area contributed by atoms with Gasteiger partial charge in [-0.15, -0.1) is 0 Å². The van der Waals surface area contributed by atoms with Gasteiger partial charge in [-0.05, 0) is 56.5 Å². The maximum atomic E-state index is 5.25. The molecule has 8 aromatic rings. The molecule has 0 saturated carbocycles. The summed E-state index contributed by atoms with van der Waals surface area (Å²) in [4.78, 5) is 25.7. The van der Waals surface area contributed by atoms with Gasteiger partial charge in [-0.25, -0.2) is 15.0 Å². The van der Waals surface area contributed by atoms with E-state index in [1.807, 2.05) is 48.5 Å². The molecular formula is C51H43N7. The summed E-state index contributed by atoms with van der Waals surface area (Å²) >= 11 is 0. The van der Waals surface area contributed by atoms with Crippen molar-refractivity contribution >= 4 is 60.7 Å². The highest BCUT2D eigenvalue weighted by atomic mass is 15.2. The monoisotopic (exact) mass is 753 g/mol. The maximum Gasteiger partial charge on any atom is 0.238 e. The van der Waals surface area contributed by atoms with Crippen LogP contribution in [-0.4, -0.2) is 35.6 Å². The second-order valence-corrected chi connectivity index (χ2v) is 14.4. The minimum Gasteiger partial charge on any atom is -0.320 e. The molecule has 0 amide bonds. The van der Waals surface area contributed by atoms with Crippen LogP contribution in [0.25, 0.3) is 66.5 Å². The van der Waals surface area contributed by atoms with Crippen LogP contribution >= 0.6 is 0 Å². The fourth-order valence-corrected chi connectivity index (χ4v) is 7.55. The Morgan fingerprint density at radius 1 is 0.690 bits per heavy atom. The summed E-state index contributed by atoms with van der Waals surface area (Å²) in [6.45, 7) is 6.68. The highest BCUT2D eigenvalue weighted by molar-refractivity contribution is 6.18. The lowest BCUT2D eigenvalue weighted by Crippen LogP contribution is -2.08. The quantitative estimate of drug-likeness (QED) is 0.0837. The van der Waals surface area contributed by atoms with Gasteiger partial charge in [0.25, 0.3) is 0 Å². The Balaban J connectivity index is 1.25. The Labute approximate surface area is 338 Å². The Morgan fingerprint density at radius 2 is 1.36 bits per heavy atom. The van der Waals surface area contributed by atoms with Crippen molar-refractivity contribution in [1.29, 1.82) is 0 Å². The van der Waals surface area contributed by atoms with Crippen molar-refractivity contribution < 1.29 is 0 Å². The molecule has 5 aromatic carbocycles. The molecule has 0 bridgehead atoms. The third kappa shape index (κ3) is 7.03. The standard InChI is InChI=1S/C51H43N7/c1-4-5-10-21-35(2)36(3)53-48(37-22-13-8-14-23-37)52-34-57-44-30-19-17-28-40(44)42-33-47-43(32-46(42)57)41-29-18-20-31-45(41)58(47)51-55-49(38-24-11-6-7-12-25-38)54-50(56-51)39-26-15-9-16-27-39/h5-6,8-33H,4,7,34H2,1-3H3/b10-5-,35-21+,52-48-,53-36+. The van der Waals surface area contributed by atoms with E-state index in [-0.39, 0.29) is 0 Å². The van der Waals surface area contributed by atoms with Gasteiger partial charge < -0.3 is 4.57 Å². The number of fused-ring (bicyclic) bond motifs is 6. The number of nitrogens with zero attached hydrogens (tertiary/aromatic N) is 7. The van der Waals surface area contributed by atoms with E-state index in [0.29, 0.717) is 30.1 Å². The molecule has 0 saturated heterocycles. The van der Waals surface area contributed by atoms with Crippen molar-refractivity contribution in [3.63, 3.8) is 0 Å². The van der Waals surface area contributed by atoms with Gasteiger partial charge in [-0.3, -0.25) is 4.57 Å². The average molecular weight is 754 g/mol. The van der Waals surface area contributed by atoms with Crippen LogP contribution in [0.2, 0.25) is 0 Å². The van der Waals surface area contributed by atoms with Crippen LogP contribution in [0.3, 0.4) is 0 Å². The number of aromatic nitrogens is 5. The molecule has 0 unspecified atom stereocenters. The van der Waals surface area contributed by atoms with Gasteiger partial charge in [0.05, 0.1) is 22.1 Å². The number of aliphatic imine (C=N–C) groups is 2. The van der Waals surface area contributed by atoms with Crippen LogP contribution in [0.1, 0.15) is 45.0 Å². The minimum atomic E-state index is 0.391. The van der Waals surface area contributed by atoms with Crippen LogP contribution in [0.15, 0.2) is 185 Å². The molecule has 7 heteroatoms. The minimum absolute atomic E-state index is 0.391. The van der Waals surface area contributed by atoms with E-state index < -0.39 is 0 Å². The molecule has 1 aliphatic carbocycles. The molecular weight excluding hydrogens is 711 g/mol. The van der Waals surface area contributed by atoms with E-state index in [2.05, 4.69) is 151 Å². The molecule has 1 aliphatic rings. The van der Waals surface area contributed by atoms with Crippen molar-refractivity contribution in [1.82, 2.24) is 24.1 Å². The fraction of sp³-hybridized carbons (Fsp3) is 0.118. The zero-order chi connectivity index (χ0) is 39.4. The predicted octanol–water partition coefficient (Wildman–Crippen LogP) is 12.4. The smallest absolute Gasteiger partial charge is 0.238 e. The molecule has 3 heterocycles. The third-order valence-corrected chi connectivity index (χ3v) is 10.6. The highest BCUT2D eigenvalue weighted by Gasteiger charge is 2.21. The van der Waals surface area contributed by atoms with Crippen LogP contribution in [-0.2, 0) is 6.67 Å². The van der Waals surface area contributed by atoms with Crippen LogP contribution in [0, 0.1) is 0 Å². The molecule has 3 aromatic heterocycles. The molecule has 0 atom stereocenters. The Bertz CT molecular complexity index is 3040. The lowest BCUT2D eigenvalue weighted by atomic mass is 10.1. The van der Waals surface area contributed by atoms with Gasteiger partial charge in [0.2, 0.25) is 5.95 Å². The largest absolute Gasteiger partial charge is 0.320 e. The molecule has 0 spiro atoms. The molecule has 0 radical (unpaired) electrons. The Morgan fingerprint density at radius 3 is 2.16 bits per heavy atom. The summed E-state index contributed by atoms with van der Waals surface area (Å²) in [6.07, 6.45) is 18.7. The Kier molecular flexibility index (Phi) is 10.1. The van der Waals surface area contributed by atoms with Crippen molar-refractivity contribution in [2.24, 2.45) is 9.98 Å². The number of rotatable bonds is 9. The molecule has 7 nitrogen and oxygen atoms in total. The number of allylic oxidation sites excluding steroid dienone is 10. The first kappa shape index (κ1) is 36.4. The molecule has 9 rings (SSSR count). The fourth-order valence-electron chi connectivity index (χ4n) is 7.55. The summed E-state index contributed by atoms with van der Waals surface area (Å²) in [6, 6.07) is 42.1. The SMILES string of the molecule is CC\C=C/C=C(C)/C(C)=N/C(=N\Cn1c2ccccc2c2cc3c(cc21)c1ccccc1n3-c1nc(C2=CC=CCC=C2)nc(-c2ccccc2)n1)c1ccccc1. The highest BCUT2D eigenvalue weighted by Crippen LogP contribution is 2.38.